The van der Waals surface area contributed by atoms with E-state index in [1.54, 1.807) is 19.1 Å². The molecular weight excluding hydrogens is 695 g/mol. The van der Waals surface area contributed by atoms with E-state index in [0.29, 0.717) is 33.8 Å². The lowest BCUT2D eigenvalue weighted by atomic mass is 10.1. The summed E-state index contributed by atoms with van der Waals surface area (Å²) in [6, 6.07) is 16.0. The average molecular weight is 719 g/mol. The largest absolute Gasteiger partial charge is 0.490 e. The number of rotatable bonds is 9. The third-order valence-corrected chi connectivity index (χ3v) is 7.01. The van der Waals surface area contributed by atoms with Gasteiger partial charge in [0.25, 0.3) is 11.8 Å². The van der Waals surface area contributed by atoms with Gasteiger partial charge in [-0.2, -0.15) is 0 Å². The fourth-order valence-electron chi connectivity index (χ4n) is 3.83. The smallest absolute Gasteiger partial charge is 0.338 e. The molecule has 40 heavy (non-hydrogen) atoms. The lowest BCUT2D eigenvalue weighted by molar-refractivity contribution is -0.122. The summed E-state index contributed by atoms with van der Waals surface area (Å²) in [7, 11) is 0. The minimum atomic E-state index is -0.891. The van der Waals surface area contributed by atoms with E-state index in [4.69, 9.17) is 14.2 Å². The topological polar surface area (TPSA) is 111 Å². The van der Waals surface area contributed by atoms with Crippen molar-refractivity contribution in [2.75, 3.05) is 18.1 Å². The van der Waals surface area contributed by atoms with Crippen molar-refractivity contribution in [3.8, 4) is 11.5 Å². The molecule has 206 valence electrons. The summed E-state index contributed by atoms with van der Waals surface area (Å²) in [6.45, 7) is 4.43. The molecule has 1 aliphatic rings. The van der Waals surface area contributed by atoms with Gasteiger partial charge in [-0.25, -0.2) is 14.5 Å². The second-order valence-electron chi connectivity index (χ2n) is 8.40. The second kappa shape index (κ2) is 13.1. The van der Waals surface area contributed by atoms with Crippen LogP contribution >= 0.6 is 38.5 Å². The maximum Gasteiger partial charge on any atom is 0.338 e. The molecule has 0 unspecified atom stereocenters. The Bertz CT molecular complexity index is 1490. The van der Waals surface area contributed by atoms with Gasteiger partial charge in [-0.1, -0.05) is 28.1 Å². The number of esters is 1. The van der Waals surface area contributed by atoms with Crippen molar-refractivity contribution in [1.29, 1.82) is 0 Å². The van der Waals surface area contributed by atoms with Crippen molar-refractivity contribution < 1.29 is 33.4 Å². The van der Waals surface area contributed by atoms with Crippen LogP contribution in [0.3, 0.4) is 0 Å². The van der Waals surface area contributed by atoms with Gasteiger partial charge in [0.1, 0.15) is 12.2 Å². The number of anilines is 1. The Morgan fingerprint density at radius 2 is 1.68 bits per heavy atom. The van der Waals surface area contributed by atoms with Gasteiger partial charge < -0.3 is 14.2 Å². The van der Waals surface area contributed by atoms with E-state index >= 15 is 0 Å². The molecule has 0 atom stereocenters. The number of hydrogen-bond acceptors (Lipinski definition) is 7. The van der Waals surface area contributed by atoms with Crippen LogP contribution in [0.2, 0.25) is 0 Å². The molecular formula is C29H24BrIN2O7. The summed E-state index contributed by atoms with van der Waals surface area (Å²) in [4.78, 5) is 51.4. The Kier molecular flexibility index (Phi) is 9.58. The number of imide groups is 2. The lowest BCUT2D eigenvalue weighted by Gasteiger charge is -2.26. The molecule has 0 saturated carbocycles. The molecule has 0 aromatic heterocycles. The highest BCUT2D eigenvalue weighted by Crippen LogP contribution is 2.36. The second-order valence-corrected chi connectivity index (χ2v) is 10.5. The molecule has 1 aliphatic heterocycles. The zero-order valence-electron chi connectivity index (χ0n) is 21.5. The maximum atomic E-state index is 13.3. The highest BCUT2D eigenvalue weighted by Gasteiger charge is 2.37. The standard InChI is InChI=1S/C29H24BrIN2O7/c1-3-38-24-15-18(14-23(31)25(24)40-16-17-5-9-20(30)10-6-17)13-22-26(34)32-29(37)33(27(22)35)21-11-7-19(8-12-21)28(36)39-4-2/h5-15H,3-4,16H2,1-2H3,(H,32,34,37)/b22-13+. The molecule has 3 aromatic carbocycles. The maximum absolute atomic E-state index is 13.3. The molecule has 0 spiro atoms. The van der Waals surface area contributed by atoms with E-state index in [-0.39, 0.29) is 23.4 Å². The van der Waals surface area contributed by atoms with E-state index in [1.807, 2.05) is 31.2 Å². The molecule has 1 heterocycles. The van der Waals surface area contributed by atoms with Crippen LogP contribution in [0.5, 0.6) is 11.5 Å². The fraction of sp³-hybridized carbons (Fsp3) is 0.172. The van der Waals surface area contributed by atoms with Gasteiger partial charge >= 0.3 is 12.0 Å². The summed E-state index contributed by atoms with van der Waals surface area (Å²) in [5.41, 5.74) is 1.69. The predicted octanol–water partition coefficient (Wildman–Crippen LogP) is 5.87. The van der Waals surface area contributed by atoms with Gasteiger partial charge in [0.2, 0.25) is 0 Å². The first kappa shape index (κ1) is 29.3. The number of nitrogens with one attached hydrogen (secondary N) is 1. The van der Waals surface area contributed by atoms with Crippen LogP contribution < -0.4 is 19.7 Å². The summed E-state index contributed by atoms with van der Waals surface area (Å²) in [5, 5.41) is 2.20. The van der Waals surface area contributed by atoms with Gasteiger partial charge in [0.15, 0.2) is 11.5 Å². The van der Waals surface area contributed by atoms with Crippen molar-refractivity contribution in [1.82, 2.24) is 5.32 Å². The van der Waals surface area contributed by atoms with Crippen LogP contribution in [0.1, 0.15) is 35.3 Å². The number of carbonyl (C=O) groups excluding carboxylic acids is 4. The monoisotopic (exact) mass is 718 g/mol. The van der Waals surface area contributed by atoms with Crippen LogP contribution in [-0.2, 0) is 20.9 Å². The summed E-state index contributed by atoms with van der Waals surface area (Å²) in [6.07, 6.45) is 1.40. The van der Waals surface area contributed by atoms with Crippen LogP contribution in [0, 0.1) is 3.57 Å². The van der Waals surface area contributed by atoms with Crippen molar-refractivity contribution in [2.45, 2.75) is 20.5 Å². The van der Waals surface area contributed by atoms with E-state index in [2.05, 4.69) is 43.8 Å². The van der Waals surface area contributed by atoms with Crippen LogP contribution in [0.4, 0.5) is 10.5 Å². The Morgan fingerprint density at radius 1 is 0.975 bits per heavy atom. The molecule has 4 amide bonds. The first-order valence-corrected chi connectivity index (χ1v) is 14.1. The van der Waals surface area contributed by atoms with Crippen LogP contribution in [0.25, 0.3) is 6.08 Å². The normalized spacial score (nSPS) is 14.2. The molecule has 0 aliphatic carbocycles. The lowest BCUT2D eigenvalue weighted by Crippen LogP contribution is -2.54. The first-order chi connectivity index (χ1) is 19.2. The molecule has 9 nitrogen and oxygen atoms in total. The minimum absolute atomic E-state index is 0.190. The molecule has 11 heteroatoms. The fourth-order valence-corrected chi connectivity index (χ4v) is 4.88. The third kappa shape index (κ3) is 6.70. The predicted molar refractivity (Wildman–Crippen MR) is 160 cm³/mol. The van der Waals surface area contributed by atoms with Crippen molar-refractivity contribution in [3.05, 3.63) is 91.0 Å². The minimum Gasteiger partial charge on any atom is -0.490 e. The number of carbonyl (C=O) groups is 4. The Labute approximate surface area is 252 Å². The average Bonchev–Trinajstić information content (AvgIpc) is 2.92. The van der Waals surface area contributed by atoms with E-state index in [9.17, 15) is 19.2 Å². The first-order valence-electron chi connectivity index (χ1n) is 12.2. The zero-order valence-corrected chi connectivity index (χ0v) is 25.3. The van der Waals surface area contributed by atoms with Gasteiger partial charge in [-0.05, 0) is 102 Å². The number of benzene rings is 3. The number of barbiturate groups is 1. The molecule has 0 bridgehead atoms. The van der Waals surface area contributed by atoms with E-state index < -0.39 is 23.8 Å². The molecule has 0 radical (unpaired) electrons. The number of urea groups is 1. The number of hydrogen-bond donors (Lipinski definition) is 1. The quantitative estimate of drug-likeness (QED) is 0.128. The SMILES string of the molecule is CCOC(=O)c1ccc(N2C(=O)NC(=O)/C(=C\c3cc(I)c(OCc4ccc(Br)cc4)c(OCC)c3)C2=O)cc1. The number of halogens is 2. The van der Waals surface area contributed by atoms with Crippen molar-refractivity contribution >= 4 is 74.1 Å². The van der Waals surface area contributed by atoms with Gasteiger partial charge in [0, 0.05) is 4.47 Å². The van der Waals surface area contributed by atoms with E-state index in [1.165, 1.54) is 30.3 Å². The highest BCUT2D eigenvalue weighted by atomic mass is 127. The number of ether oxygens (including phenoxy) is 3. The van der Waals surface area contributed by atoms with Crippen LogP contribution in [0.15, 0.2) is 70.7 Å². The Hall–Kier alpha value is -3.71. The summed E-state index contributed by atoms with van der Waals surface area (Å²) in [5.74, 6) is -1.17. The molecule has 4 rings (SSSR count). The molecule has 3 aromatic rings. The number of amides is 4. The van der Waals surface area contributed by atoms with Crippen LogP contribution in [-0.4, -0.2) is 37.0 Å². The number of nitrogens with zero attached hydrogens (tertiary/aromatic N) is 1. The molecule has 1 fully saturated rings. The Morgan fingerprint density at radius 3 is 2.33 bits per heavy atom. The van der Waals surface area contributed by atoms with Crippen molar-refractivity contribution in [3.63, 3.8) is 0 Å². The molecule has 1 saturated heterocycles. The highest BCUT2D eigenvalue weighted by molar-refractivity contribution is 14.1. The Balaban J connectivity index is 1.62. The van der Waals surface area contributed by atoms with Gasteiger partial charge in [0.05, 0.1) is 28.0 Å². The molecule has 1 N–H and O–H groups in total. The van der Waals surface area contributed by atoms with Gasteiger partial charge in [-0.3, -0.25) is 14.9 Å². The third-order valence-electron chi connectivity index (χ3n) is 5.68. The van der Waals surface area contributed by atoms with Crippen molar-refractivity contribution in [2.24, 2.45) is 0 Å². The van der Waals surface area contributed by atoms with E-state index in [0.717, 1.165) is 14.9 Å². The zero-order chi connectivity index (χ0) is 28.8. The summed E-state index contributed by atoms with van der Waals surface area (Å²) >= 11 is 5.52. The van der Waals surface area contributed by atoms with Gasteiger partial charge in [-0.15, -0.1) is 0 Å². The summed E-state index contributed by atoms with van der Waals surface area (Å²) < 4.78 is 18.5.